The number of hydroxylamine groups is 3. The van der Waals surface area contributed by atoms with Crippen LogP contribution in [-0.4, -0.2) is 65.3 Å². The van der Waals surface area contributed by atoms with Crippen LogP contribution >= 0.6 is 0 Å². The zero-order valence-electron chi connectivity index (χ0n) is 13.1. The minimum atomic E-state index is -4.85. The van der Waals surface area contributed by atoms with Gasteiger partial charge in [-0.1, -0.05) is 0 Å². The predicted octanol–water partition coefficient (Wildman–Crippen LogP) is -0.833. The van der Waals surface area contributed by atoms with Crippen molar-refractivity contribution in [1.82, 2.24) is 25.2 Å². The predicted molar refractivity (Wildman–Crippen MR) is 78.8 cm³/mol. The van der Waals surface area contributed by atoms with Crippen molar-refractivity contribution in [3.8, 4) is 0 Å². The minimum absolute atomic E-state index is 0.141. The maximum absolute atomic E-state index is 12.6. The van der Waals surface area contributed by atoms with E-state index >= 15 is 0 Å². The molecule has 1 saturated heterocycles. The van der Waals surface area contributed by atoms with Crippen molar-refractivity contribution in [2.45, 2.75) is 12.1 Å². The lowest BCUT2D eigenvalue weighted by atomic mass is 9.97. The van der Waals surface area contributed by atoms with Crippen molar-refractivity contribution >= 4 is 22.3 Å². The first-order valence-electron chi connectivity index (χ1n) is 6.82. The molecule has 2 aliphatic heterocycles. The third-order valence-corrected chi connectivity index (χ3v) is 4.26. The van der Waals surface area contributed by atoms with Crippen LogP contribution in [0.4, 0.5) is 4.79 Å². The lowest BCUT2D eigenvalue weighted by Crippen LogP contribution is -2.44. The van der Waals surface area contributed by atoms with Crippen LogP contribution in [0.15, 0.2) is 11.2 Å². The fraction of sp³-hybridized carbons (Fsp3) is 0.545. The molecule has 2 aliphatic rings. The van der Waals surface area contributed by atoms with Gasteiger partial charge in [-0.05, 0) is 0 Å². The van der Waals surface area contributed by atoms with Crippen LogP contribution in [0.25, 0.3) is 0 Å². The lowest BCUT2D eigenvalue weighted by Gasteiger charge is -2.31. The highest BCUT2D eigenvalue weighted by Gasteiger charge is 2.53. The summed E-state index contributed by atoms with van der Waals surface area (Å²) >= 11 is 0. The van der Waals surface area contributed by atoms with Gasteiger partial charge in [-0.15, -0.1) is 4.28 Å². The summed E-state index contributed by atoms with van der Waals surface area (Å²) in [5, 5.41) is 4.78. The van der Waals surface area contributed by atoms with Crippen LogP contribution in [0.3, 0.4) is 0 Å². The first kappa shape index (κ1) is 16.6. The summed E-state index contributed by atoms with van der Waals surface area (Å²) in [5.41, 5.74) is 3.84. The van der Waals surface area contributed by atoms with Gasteiger partial charge in [0.1, 0.15) is 17.9 Å². The number of fused-ring (bicyclic) bond motifs is 4. The standard InChI is InChI=1S/C11H16N6O6S/c1-12-10(14-22-3)9-8-6(4-13-15(8)2)7-5-16(9)11(18)17(7)23-24(19,20)21/h4,7,9H,5H2,1-3H3,(H,12,14)(H,19,20,21)/t7-,9-/m0/s1. The van der Waals surface area contributed by atoms with Crippen LogP contribution in [0.5, 0.6) is 0 Å². The number of aryl methyl sites for hydroxylation is 1. The smallest absolute Gasteiger partial charge is 0.304 e. The third kappa shape index (κ3) is 2.50. The van der Waals surface area contributed by atoms with Gasteiger partial charge in [0.05, 0.1) is 25.5 Å². The molecule has 13 heteroatoms. The third-order valence-electron chi connectivity index (χ3n) is 3.91. The van der Waals surface area contributed by atoms with E-state index in [9.17, 15) is 13.2 Å². The molecule has 0 aromatic carbocycles. The first-order valence-corrected chi connectivity index (χ1v) is 8.19. The van der Waals surface area contributed by atoms with Crippen LogP contribution in [0.2, 0.25) is 0 Å². The molecule has 0 radical (unpaired) electrons. The second kappa shape index (κ2) is 5.70. The Kier molecular flexibility index (Phi) is 3.95. The highest BCUT2D eigenvalue weighted by Crippen LogP contribution is 2.44. The van der Waals surface area contributed by atoms with Gasteiger partial charge in [-0.25, -0.2) is 4.79 Å². The fourth-order valence-electron chi connectivity index (χ4n) is 3.03. The Morgan fingerprint density at radius 3 is 2.83 bits per heavy atom. The Morgan fingerprint density at radius 2 is 2.25 bits per heavy atom. The summed E-state index contributed by atoms with van der Waals surface area (Å²) < 4.78 is 37.1. The van der Waals surface area contributed by atoms with Crippen LogP contribution in [0.1, 0.15) is 23.3 Å². The number of amidine groups is 1. The molecule has 0 unspecified atom stereocenters. The molecule has 2 bridgehead atoms. The number of amides is 2. The minimum Gasteiger partial charge on any atom is -0.304 e. The first-order chi connectivity index (χ1) is 11.3. The highest BCUT2D eigenvalue weighted by atomic mass is 32.3. The molecule has 0 spiro atoms. The molecule has 0 aliphatic carbocycles. The maximum atomic E-state index is 12.6. The van der Waals surface area contributed by atoms with E-state index in [-0.39, 0.29) is 6.54 Å². The van der Waals surface area contributed by atoms with E-state index in [1.165, 1.54) is 25.3 Å². The molecule has 2 amide bonds. The normalized spacial score (nSPS) is 23.7. The van der Waals surface area contributed by atoms with Gasteiger partial charge >= 0.3 is 16.4 Å². The van der Waals surface area contributed by atoms with Gasteiger partial charge in [0.25, 0.3) is 0 Å². The van der Waals surface area contributed by atoms with E-state index in [0.717, 1.165) is 0 Å². The average molecular weight is 360 g/mol. The second-order valence-electron chi connectivity index (χ2n) is 5.21. The Bertz CT molecular complexity index is 804. The van der Waals surface area contributed by atoms with Gasteiger partial charge in [-0.2, -0.15) is 18.6 Å². The molecule has 1 aromatic heterocycles. The monoisotopic (exact) mass is 360 g/mol. The van der Waals surface area contributed by atoms with E-state index in [0.29, 0.717) is 22.2 Å². The number of nitrogens with one attached hydrogen (secondary N) is 1. The quantitative estimate of drug-likeness (QED) is 0.307. The molecule has 1 fully saturated rings. The number of rotatable bonds is 4. The van der Waals surface area contributed by atoms with Gasteiger partial charge < -0.3 is 4.90 Å². The van der Waals surface area contributed by atoms with Gasteiger partial charge in [0.15, 0.2) is 0 Å². The van der Waals surface area contributed by atoms with Crippen molar-refractivity contribution in [3.63, 3.8) is 0 Å². The van der Waals surface area contributed by atoms with Gasteiger partial charge in [-0.3, -0.25) is 24.5 Å². The molecule has 24 heavy (non-hydrogen) atoms. The zero-order chi connectivity index (χ0) is 17.6. The lowest BCUT2D eigenvalue weighted by molar-refractivity contribution is -0.0316. The number of urea groups is 1. The average Bonchev–Trinajstić information content (AvgIpc) is 3.00. The van der Waals surface area contributed by atoms with E-state index in [1.54, 1.807) is 11.7 Å². The topological polar surface area (TPSA) is 139 Å². The Hall–Kier alpha value is -2.22. The van der Waals surface area contributed by atoms with Crippen LogP contribution in [-0.2, 0) is 26.6 Å². The summed E-state index contributed by atoms with van der Waals surface area (Å²) in [6, 6.07) is -2.12. The molecule has 0 saturated carbocycles. The fourth-order valence-corrected chi connectivity index (χ4v) is 3.40. The van der Waals surface area contributed by atoms with Crippen LogP contribution < -0.4 is 5.48 Å². The SMILES string of the molecule is CN=C(NOC)[C@@H]1c2c(cnn2C)[C@@H]2CN1C(=O)N2OS(=O)(=O)O. The summed E-state index contributed by atoms with van der Waals surface area (Å²) in [6.45, 7) is 0.141. The number of carbonyl (C=O) groups excluding carboxylic acids is 1. The van der Waals surface area contributed by atoms with Crippen LogP contribution in [0, 0.1) is 0 Å². The number of hydrogen-bond donors (Lipinski definition) is 2. The Balaban J connectivity index is 2.10. The van der Waals surface area contributed by atoms with Gasteiger partial charge in [0.2, 0.25) is 0 Å². The highest BCUT2D eigenvalue weighted by molar-refractivity contribution is 7.80. The maximum Gasteiger partial charge on any atom is 0.418 e. The van der Waals surface area contributed by atoms with Crippen molar-refractivity contribution in [2.24, 2.45) is 12.0 Å². The number of aromatic nitrogens is 2. The Labute approximate surface area is 137 Å². The molecule has 3 rings (SSSR count). The van der Waals surface area contributed by atoms with Gasteiger partial charge in [0, 0.05) is 19.7 Å². The van der Waals surface area contributed by atoms with E-state index in [2.05, 4.69) is 19.9 Å². The van der Waals surface area contributed by atoms with E-state index < -0.39 is 28.5 Å². The molecule has 132 valence electrons. The van der Waals surface area contributed by atoms with Crippen molar-refractivity contribution < 1.29 is 26.9 Å². The number of aliphatic imine (C=N–C) groups is 1. The zero-order valence-corrected chi connectivity index (χ0v) is 13.9. The van der Waals surface area contributed by atoms with E-state index in [4.69, 9.17) is 9.39 Å². The molecule has 3 heterocycles. The Morgan fingerprint density at radius 1 is 1.54 bits per heavy atom. The molecular weight excluding hydrogens is 344 g/mol. The number of carbonyl (C=O) groups is 1. The molecule has 1 aromatic rings. The second-order valence-corrected chi connectivity index (χ2v) is 6.21. The van der Waals surface area contributed by atoms with Crippen molar-refractivity contribution in [1.29, 1.82) is 0 Å². The summed E-state index contributed by atoms with van der Waals surface area (Å²) in [7, 11) is -0.229. The summed E-state index contributed by atoms with van der Waals surface area (Å²) in [6.07, 6.45) is 1.52. The molecule has 12 nitrogen and oxygen atoms in total. The summed E-state index contributed by atoms with van der Waals surface area (Å²) in [4.78, 5) is 22.9. The molecular formula is C11H16N6O6S. The molecule has 2 atom stereocenters. The number of hydrogen-bond acceptors (Lipinski definition) is 7. The largest absolute Gasteiger partial charge is 0.418 e. The number of nitrogens with zero attached hydrogens (tertiary/aromatic N) is 5. The molecule has 2 N–H and O–H groups in total. The van der Waals surface area contributed by atoms with E-state index in [1.807, 2.05) is 0 Å². The van der Waals surface area contributed by atoms with Crippen molar-refractivity contribution in [3.05, 3.63) is 17.5 Å². The summed E-state index contributed by atoms with van der Waals surface area (Å²) in [5.74, 6) is 0.336. The van der Waals surface area contributed by atoms with Crippen molar-refractivity contribution in [2.75, 3.05) is 20.7 Å².